The number of nitrogens with one attached hydrogen (secondary N) is 1. The first-order chi connectivity index (χ1) is 9.24. The van der Waals surface area contributed by atoms with E-state index >= 15 is 0 Å². The second kappa shape index (κ2) is 5.35. The van der Waals surface area contributed by atoms with Crippen LogP contribution in [0.5, 0.6) is 5.75 Å². The van der Waals surface area contributed by atoms with Gasteiger partial charge in [0, 0.05) is 12.6 Å². The predicted octanol–water partition coefficient (Wildman–Crippen LogP) is 3.28. The highest BCUT2D eigenvalue weighted by Crippen LogP contribution is 2.30. The lowest BCUT2D eigenvalue weighted by molar-refractivity contribution is 0.0232. The van der Waals surface area contributed by atoms with Crippen LogP contribution < -0.4 is 10.1 Å². The van der Waals surface area contributed by atoms with E-state index in [0.29, 0.717) is 12.1 Å². The van der Waals surface area contributed by atoms with Gasteiger partial charge in [0.1, 0.15) is 5.75 Å². The molecule has 1 aliphatic heterocycles. The number of hydrogen-bond acceptors (Lipinski definition) is 5. The molecule has 0 saturated carbocycles. The SMILES string of the molecule is COc1ccc2nc(NC3CCOC(C)C3)sc2c1. The van der Waals surface area contributed by atoms with Crippen LogP contribution in [0.15, 0.2) is 18.2 Å². The summed E-state index contributed by atoms with van der Waals surface area (Å²) in [5, 5.41) is 4.51. The quantitative estimate of drug-likeness (QED) is 0.935. The standard InChI is InChI=1S/C14H18N2O2S/c1-9-7-10(5-6-18-9)15-14-16-12-4-3-11(17-2)8-13(12)19-14/h3-4,8-10H,5-7H2,1-2H3,(H,15,16). The molecule has 102 valence electrons. The van der Waals surface area contributed by atoms with Crippen LogP contribution in [-0.2, 0) is 4.74 Å². The van der Waals surface area contributed by atoms with Crippen LogP contribution in [0.4, 0.5) is 5.13 Å². The van der Waals surface area contributed by atoms with Crippen molar-refractivity contribution in [2.24, 2.45) is 0 Å². The topological polar surface area (TPSA) is 43.4 Å². The van der Waals surface area contributed by atoms with Crippen LogP contribution in [0.2, 0.25) is 0 Å². The number of thiazole rings is 1. The Bertz CT molecular complexity index is 570. The molecule has 19 heavy (non-hydrogen) atoms. The number of fused-ring (bicyclic) bond motifs is 1. The molecule has 0 amide bonds. The highest BCUT2D eigenvalue weighted by atomic mass is 32.1. The lowest BCUT2D eigenvalue weighted by atomic mass is 10.1. The van der Waals surface area contributed by atoms with E-state index in [1.165, 1.54) is 0 Å². The van der Waals surface area contributed by atoms with Crippen molar-refractivity contribution in [1.82, 2.24) is 4.98 Å². The molecule has 5 heteroatoms. The number of aromatic nitrogens is 1. The molecule has 1 aromatic heterocycles. The van der Waals surface area contributed by atoms with Crippen molar-refractivity contribution in [2.45, 2.75) is 31.9 Å². The summed E-state index contributed by atoms with van der Waals surface area (Å²) >= 11 is 1.68. The van der Waals surface area contributed by atoms with E-state index < -0.39 is 0 Å². The van der Waals surface area contributed by atoms with E-state index in [0.717, 1.165) is 40.5 Å². The zero-order valence-electron chi connectivity index (χ0n) is 11.2. The monoisotopic (exact) mass is 278 g/mol. The van der Waals surface area contributed by atoms with Crippen LogP contribution in [0.25, 0.3) is 10.2 Å². The van der Waals surface area contributed by atoms with Crippen molar-refractivity contribution >= 4 is 26.7 Å². The van der Waals surface area contributed by atoms with E-state index in [4.69, 9.17) is 9.47 Å². The fourth-order valence-electron chi connectivity index (χ4n) is 2.40. The number of methoxy groups -OCH3 is 1. The van der Waals surface area contributed by atoms with Crippen LogP contribution in [0.3, 0.4) is 0 Å². The number of rotatable bonds is 3. The van der Waals surface area contributed by atoms with Gasteiger partial charge in [-0.3, -0.25) is 0 Å². The summed E-state index contributed by atoms with van der Waals surface area (Å²) in [6, 6.07) is 6.45. The average Bonchev–Trinajstić information content (AvgIpc) is 2.79. The Hall–Kier alpha value is -1.33. The Morgan fingerprint density at radius 3 is 3.16 bits per heavy atom. The molecule has 2 atom stereocenters. The normalized spacial score (nSPS) is 23.5. The van der Waals surface area contributed by atoms with Gasteiger partial charge in [-0.1, -0.05) is 11.3 Å². The molecule has 2 unspecified atom stereocenters. The van der Waals surface area contributed by atoms with Gasteiger partial charge in [-0.05, 0) is 38.0 Å². The third kappa shape index (κ3) is 2.82. The Morgan fingerprint density at radius 1 is 1.47 bits per heavy atom. The highest BCUT2D eigenvalue weighted by Gasteiger charge is 2.20. The molecule has 1 fully saturated rings. The highest BCUT2D eigenvalue weighted by molar-refractivity contribution is 7.22. The van der Waals surface area contributed by atoms with E-state index in [9.17, 15) is 0 Å². The van der Waals surface area contributed by atoms with Crippen molar-refractivity contribution < 1.29 is 9.47 Å². The molecule has 2 aromatic rings. The summed E-state index contributed by atoms with van der Waals surface area (Å²) in [5.41, 5.74) is 1.02. The molecule has 2 heterocycles. The number of hydrogen-bond donors (Lipinski definition) is 1. The molecule has 0 aliphatic carbocycles. The first-order valence-electron chi connectivity index (χ1n) is 6.57. The number of nitrogens with zero attached hydrogens (tertiary/aromatic N) is 1. The van der Waals surface area contributed by atoms with Crippen molar-refractivity contribution in [2.75, 3.05) is 19.0 Å². The van der Waals surface area contributed by atoms with E-state index in [2.05, 4.69) is 17.2 Å². The Morgan fingerprint density at radius 2 is 2.37 bits per heavy atom. The van der Waals surface area contributed by atoms with Crippen LogP contribution in [0.1, 0.15) is 19.8 Å². The molecule has 0 radical (unpaired) electrons. The van der Waals surface area contributed by atoms with Crippen LogP contribution in [-0.4, -0.2) is 30.8 Å². The maximum atomic E-state index is 5.56. The van der Waals surface area contributed by atoms with E-state index in [-0.39, 0.29) is 0 Å². The van der Waals surface area contributed by atoms with Crippen molar-refractivity contribution in [3.63, 3.8) is 0 Å². The molecular weight excluding hydrogens is 260 g/mol. The molecule has 1 aliphatic rings. The van der Waals surface area contributed by atoms with Gasteiger partial charge in [-0.2, -0.15) is 0 Å². The minimum Gasteiger partial charge on any atom is -0.497 e. The Kier molecular flexibility index (Phi) is 3.57. The Labute approximate surface area is 116 Å². The Balaban J connectivity index is 1.77. The predicted molar refractivity (Wildman–Crippen MR) is 78.2 cm³/mol. The second-order valence-electron chi connectivity index (χ2n) is 4.90. The molecule has 4 nitrogen and oxygen atoms in total. The first-order valence-corrected chi connectivity index (χ1v) is 7.39. The number of anilines is 1. The van der Waals surface area contributed by atoms with Crippen LogP contribution in [0, 0.1) is 0 Å². The second-order valence-corrected chi connectivity index (χ2v) is 5.93. The zero-order valence-corrected chi connectivity index (χ0v) is 12.0. The summed E-state index contributed by atoms with van der Waals surface area (Å²) in [6.07, 6.45) is 2.42. The summed E-state index contributed by atoms with van der Waals surface area (Å²) in [5.74, 6) is 0.877. The molecule has 1 saturated heterocycles. The van der Waals surface area contributed by atoms with Gasteiger partial charge in [0.05, 0.1) is 23.4 Å². The molecule has 1 N–H and O–H groups in total. The molecular formula is C14H18N2O2S. The maximum absolute atomic E-state index is 5.56. The molecule has 0 bridgehead atoms. The largest absolute Gasteiger partial charge is 0.497 e. The minimum atomic E-state index is 0.334. The van der Waals surface area contributed by atoms with Gasteiger partial charge in [0.15, 0.2) is 5.13 Å². The summed E-state index contributed by atoms with van der Waals surface area (Å²) in [7, 11) is 1.69. The van der Waals surface area contributed by atoms with Gasteiger partial charge in [-0.15, -0.1) is 0 Å². The smallest absolute Gasteiger partial charge is 0.184 e. The van der Waals surface area contributed by atoms with Crippen molar-refractivity contribution in [3.8, 4) is 5.75 Å². The minimum absolute atomic E-state index is 0.334. The third-order valence-electron chi connectivity index (χ3n) is 3.41. The lowest BCUT2D eigenvalue weighted by Crippen LogP contribution is -2.32. The fourth-order valence-corrected chi connectivity index (χ4v) is 3.37. The first kappa shape index (κ1) is 12.7. The number of benzene rings is 1. The van der Waals surface area contributed by atoms with E-state index in [1.54, 1.807) is 18.4 Å². The zero-order chi connectivity index (χ0) is 13.2. The van der Waals surface area contributed by atoms with Gasteiger partial charge in [0.2, 0.25) is 0 Å². The molecule has 0 spiro atoms. The van der Waals surface area contributed by atoms with Gasteiger partial charge in [0.25, 0.3) is 0 Å². The average molecular weight is 278 g/mol. The van der Waals surface area contributed by atoms with Gasteiger partial charge >= 0.3 is 0 Å². The van der Waals surface area contributed by atoms with Gasteiger partial charge in [-0.25, -0.2) is 4.98 Å². The summed E-state index contributed by atoms with van der Waals surface area (Å²) in [6.45, 7) is 2.95. The van der Waals surface area contributed by atoms with Crippen molar-refractivity contribution in [3.05, 3.63) is 18.2 Å². The van der Waals surface area contributed by atoms with E-state index in [1.807, 2.05) is 18.2 Å². The maximum Gasteiger partial charge on any atom is 0.184 e. The van der Waals surface area contributed by atoms with Crippen molar-refractivity contribution in [1.29, 1.82) is 0 Å². The molecule has 1 aromatic carbocycles. The number of ether oxygens (including phenoxy) is 2. The molecule has 3 rings (SSSR count). The lowest BCUT2D eigenvalue weighted by Gasteiger charge is -2.27. The summed E-state index contributed by atoms with van der Waals surface area (Å²) < 4.78 is 12.0. The van der Waals surface area contributed by atoms with Crippen LogP contribution >= 0.6 is 11.3 Å². The fraction of sp³-hybridized carbons (Fsp3) is 0.500. The third-order valence-corrected chi connectivity index (χ3v) is 4.36. The van der Waals surface area contributed by atoms with Gasteiger partial charge < -0.3 is 14.8 Å². The summed E-state index contributed by atoms with van der Waals surface area (Å²) in [4.78, 5) is 4.62.